The molecule has 3 N–H and O–H groups in total. The van der Waals surface area contributed by atoms with Crippen LogP contribution in [0.5, 0.6) is 0 Å². The quantitative estimate of drug-likeness (QED) is 0.264. The van der Waals surface area contributed by atoms with E-state index in [9.17, 15) is 0 Å². The number of nitrogens with two attached hydrogens (primary N) is 1. The van der Waals surface area contributed by atoms with Crippen LogP contribution in [0.25, 0.3) is 0 Å². The van der Waals surface area contributed by atoms with Gasteiger partial charge in [-0.25, -0.2) is 4.99 Å². The van der Waals surface area contributed by atoms with E-state index in [4.69, 9.17) is 10.2 Å². The van der Waals surface area contributed by atoms with Crippen molar-refractivity contribution >= 4 is 29.9 Å². The molecule has 2 heterocycles. The number of aliphatic imine (C=N–C) groups is 1. The summed E-state index contributed by atoms with van der Waals surface area (Å²) in [4.78, 5) is 11.0. The minimum atomic E-state index is 0. The molecule has 0 spiro atoms. The van der Waals surface area contributed by atoms with Gasteiger partial charge in [-0.3, -0.25) is 9.88 Å². The Morgan fingerprint density at radius 3 is 2.59 bits per heavy atom. The molecule has 3 rings (SSSR count). The Kier molecular flexibility index (Phi) is 9.66. The first kappa shape index (κ1) is 22.9. The van der Waals surface area contributed by atoms with E-state index in [1.807, 2.05) is 36.4 Å². The van der Waals surface area contributed by atoms with E-state index in [0.717, 1.165) is 31.0 Å². The maximum Gasteiger partial charge on any atom is 0.188 e. The summed E-state index contributed by atoms with van der Waals surface area (Å²) >= 11 is 0. The van der Waals surface area contributed by atoms with Crippen molar-refractivity contribution in [2.45, 2.75) is 26.1 Å². The molecule has 3 aromatic rings. The summed E-state index contributed by atoms with van der Waals surface area (Å²) in [5.74, 6) is 1.41. The number of nitrogens with one attached hydrogen (secondary N) is 1. The predicted molar refractivity (Wildman–Crippen MR) is 127 cm³/mol. The second kappa shape index (κ2) is 12.2. The number of nitrogens with zero attached hydrogens (tertiary/aromatic N) is 3. The molecule has 6 nitrogen and oxygen atoms in total. The molecule has 0 aliphatic rings. The molecule has 0 saturated carbocycles. The molecule has 7 heteroatoms. The summed E-state index contributed by atoms with van der Waals surface area (Å²) < 4.78 is 5.43. The lowest BCUT2D eigenvalue weighted by atomic mass is 10.1. The number of aromatic nitrogens is 1. The van der Waals surface area contributed by atoms with Crippen molar-refractivity contribution in [2.24, 2.45) is 10.7 Å². The van der Waals surface area contributed by atoms with Gasteiger partial charge in [0.25, 0.3) is 0 Å². The van der Waals surface area contributed by atoms with Gasteiger partial charge in [0.1, 0.15) is 5.76 Å². The molecule has 154 valence electrons. The summed E-state index contributed by atoms with van der Waals surface area (Å²) in [6.07, 6.45) is 4.31. The number of hydrogen-bond donors (Lipinski definition) is 2. The fourth-order valence-corrected chi connectivity index (χ4v) is 2.97. The Bertz CT molecular complexity index is 868. The lowest BCUT2D eigenvalue weighted by Gasteiger charge is -2.17. The SMILES string of the molecule is CN(Cc1ccco1)Cc1ccccc1CN=C(N)NCCc1ccccn1.I. The van der Waals surface area contributed by atoms with Crippen molar-refractivity contribution in [1.82, 2.24) is 15.2 Å². The Labute approximate surface area is 189 Å². The van der Waals surface area contributed by atoms with Gasteiger partial charge < -0.3 is 15.5 Å². The topological polar surface area (TPSA) is 79.7 Å². The van der Waals surface area contributed by atoms with Gasteiger partial charge in [0, 0.05) is 31.4 Å². The number of pyridine rings is 1. The monoisotopic (exact) mass is 505 g/mol. The minimum Gasteiger partial charge on any atom is -0.468 e. The molecule has 0 fully saturated rings. The zero-order valence-electron chi connectivity index (χ0n) is 16.6. The van der Waals surface area contributed by atoms with Gasteiger partial charge in [0.05, 0.1) is 19.4 Å². The van der Waals surface area contributed by atoms with Crippen molar-refractivity contribution in [3.05, 3.63) is 89.6 Å². The molecule has 0 atom stereocenters. The van der Waals surface area contributed by atoms with Gasteiger partial charge in [-0.15, -0.1) is 24.0 Å². The molecule has 2 aromatic heterocycles. The Morgan fingerprint density at radius 2 is 1.86 bits per heavy atom. The van der Waals surface area contributed by atoms with E-state index >= 15 is 0 Å². The van der Waals surface area contributed by atoms with E-state index in [1.54, 1.807) is 12.5 Å². The summed E-state index contributed by atoms with van der Waals surface area (Å²) in [6.45, 7) is 2.84. The standard InChI is InChI=1S/C22H27N5O.HI/c1-27(17-21-10-6-14-28-21)16-19-8-3-2-7-18(19)15-26-22(23)25-13-11-20-9-4-5-12-24-20;/h2-10,12,14H,11,13,15-17H2,1H3,(H3,23,25,26);1H. The Morgan fingerprint density at radius 1 is 1.07 bits per heavy atom. The summed E-state index contributed by atoms with van der Waals surface area (Å²) in [7, 11) is 2.08. The normalized spacial score (nSPS) is 11.3. The fraction of sp³-hybridized carbons (Fsp3) is 0.273. The molecular formula is C22H28IN5O. The van der Waals surface area contributed by atoms with Crippen LogP contribution in [0.2, 0.25) is 0 Å². The van der Waals surface area contributed by atoms with Crippen LogP contribution in [0, 0.1) is 0 Å². The molecule has 0 saturated heterocycles. The first-order valence-corrected chi connectivity index (χ1v) is 9.42. The molecule has 1 aromatic carbocycles. The van der Waals surface area contributed by atoms with Gasteiger partial charge in [-0.1, -0.05) is 30.3 Å². The molecule has 0 radical (unpaired) electrons. The van der Waals surface area contributed by atoms with Crippen molar-refractivity contribution in [3.8, 4) is 0 Å². The Hall–Kier alpha value is -2.39. The second-order valence-electron chi connectivity index (χ2n) is 6.72. The second-order valence-corrected chi connectivity index (χ2v) is 6.72. The molecular weight excluding hydrogens is 477 g/mol. The summed E-state index contributed by atoms with van der Waals surface area (Å²) in [5.41, 5.74) is 9.47. The van der Waals surface area contributed by atoms with E-state index in [1.165, 1.54) is 11.1 Å². The van der Waals surface area contributed by atoms with Crippen LogP contribution < -0.4 is 11.1 Å². The number of rotatable bonds is 9. The van der Waals surface area contributed by atoms with Gasteiger partial charge >= 0.3 is 0 Å². The van der Waals surface area contributed by atoms with E-state index in [0.29, 0.717) is 19.0 Å². The highest BCUT2D eigenvalue weighted by Crippen LogP contribution is 2.14. The van der Waals surface area contributed by atoms with Crippen molar-refractivity contribution in [3.63, 3.8) is 0 Å². The fourth-order valence-electron chi connectivity index (χ4n) is 2.97. The lowest BCUT2D eigenvalue weighted by molar-refractivity contribution is 0.287. The van der Waals surface area contributed by atoms with Crippen molar-refractivity contribution < 1.29 is 4.42 Å². The zero-order valence-corrected chi connectivity index (χ0v) is 19.0. The highest BCUT2D eigenvalue weighted by Gasteiger charge is 2.07. The third kappa shape index (κ3) is 7.86. The maximum atomic E-state index is 6.02. The maximum absolute atomic E-state index is 6.02. The number of hydrogen-bond acceptors (Lipinski definition) is 4. The van der Waals surface area contributed by atoms with Gasteiger partial charge in [0.15, 0.2) is 5.96 Å². The van der Waals surface area contributed by atoms with Crippen LogP contribution in [0.4, 0.5) is 0 Å². The first-order valence-electron chi connectivity index (χ1n) is 9.42. The molecule has 0 aliphatic heterocycles. The molecule has 0 amide bonds. The number of guanidine groups is 1. The zero-order chi connectivity index (χ0) is 19.6. The van der Waals surface area contributed by atoms with Gasteiger partial charge in [0.2, 0.25) is 0 Å². The molecule has 29 heavy (non-hydrogen) atoms. The first-order chi connectivity index (χ1) is 13.7. The van der Waals surface area contributed by atoms with E-state index in [2.05, 4.69) is 45.4 Å². The average Bonchev–Trinajstić information content (AvgIpc) is 3.21. The van der Waals surface area contributed by atoms with Crippen molar-refractivity contribution in [2.75, 3.05) is 13.6 Å². The van der Waals surface area contributed by atoms with Crippen molar-refractivity contribution in [1.29, 1.82) is 0 Å². The van der Waals surface area contributed by atoms with Crippen LogP contribution in [0.3, 0.4) is 0 Å². The summed E-state index contributed by atoms with van der Waals surface area (Å²) in [5, 5.41) is 3.16. The van der Waals surface area contributed by atoms with E-state index < -0.39 is 0 Å². The lowest BCUT2D eigenvalue weighted by Crippen LogP contribution is -2.33. The van der Waals surface area contributed by atoms with Gasteiger partial charge in [-0.05, 0) is 42.4 Å². The number of benzene rings is 1. The van der Waals surface area contributed by atoms with E-state index in [-0.39, 0.29) is 24.0 Å². The number of furan rings is 1. The van der Waals surface area contributed by atoms with Crippen LogP contribution in [0.15, 0.2) is 76.5 Å². The van der Waals surface area contributed by atoms with Crippen LogP contribution in [-0.2, 0) is 26.1 Å². The smallest absolute Gasteiger partial charge is 0.188 e. The molecule has 0 unspecified atom stereocenters. The van der Waals surface area contributed by atoms with Crippen LogP contribution in [-0.4, -0.2) is 29.4 Å². The summed E-state index contributed by atoms with van der Waals surface area (Å²) in [6, 6.07) is 18.1. The third-order valence-corrected chi connectivity index (χ3v) is 4.40. The molecule has 0 bridgehead atoms. The predicted octanol–water partition coefficient (Wildman–Crippen LogP) is 3.57. The minimum absolute atomic E-state index is 0. The number of halogens is 1. The highest BCUT2D eigenvalue weighted by atomic mass is 127. The highest BCUT2D eigenvalue weighted by molar-refractivity contribution is 14.0. The third-order valence-electron chi connectivity index (χ3n) is 4.40. The molecule has 0 aliphatic carbocycles. The van der Waals surface area contributed by atoms with Crippen LogP contribution in [0.1, 0.15) is 22.6 Å². The largest absolute Gasteiger partial charge is 0.468 e. The van der Waals surface area contributed by atoms with Gasteiger partial charge in [-0.2, -0.15) is 0 Å². The Balaban J connectivity index is 0.00000300. The van der Waals surface area contributed by atoms with Crippen LogP contribution >= 0.6 is 24.0 Å². The average molecular weight is 505 g/mol.